The van der Waals surface area contributed by atoms with Crippen molar-refractivity contribution in [3.05, 3.63) is 44.9 Å². The van der Waals surface area contributed by atoms with Gasteiger partial charge in [-0.2, -0.15) is 13.2 Å². The lowest BCUT2D eigenvalue weighted by molar-refractivity contribution is -0.137. The first-order chi connectivity index (χ1) is 9.29. The Morgan fingerprint density at radius 1 is 1.35 bits per heavy atom. The summed E-state index contributed by atoms with van der Waals surface area (Å²) >= 11 is 7.40. The average molecular weight is 321 g/mol. The molecule has 2 nitrogen and oxygen atoms in total. The van der Waals surface area contributed by atoms with E-state index in [1.165, 1.54) is 17.4 Å². The van der Waals surface area contributed by atoms with Gasteiger partial charge >= 0.3 is 6.18 Å². The minimum atomic E-state index is -4.39. The summed E-state index contributed by atoms with van der Waals surface area (Å²) < 4.78 is 37.7. The molecule has 1 aromatic carbocycles. The fraction of sp³-hybridized carbons (Fsp3) is 0.308. The maximum Gasteiger partial charge on any atom is 0.416 e. The first kappa shape index (κ1) is 15.1. The SMILES string of the molecule is Cc1ncsc1C(C)Nc1ccc(C(F)(F)F)cc1Cl. The van der Waals surface area contributed by atoms with Crippen molar-refractivity contribution >= 4 is 28.6 Å². The summed E-state index contributed by atoms with van der Waals surface area (Å²) in [6.45, 7) is 3.80. The second-order valence-electron chi connectivity index (χ2n) is 4.36. The largest absolute Gasteiger partial charge is 0.416 e. The number of thiazole rings is 1. The molecule has 0 spiro atoms. The van der Waals surface area contributed by atoms with Gasteiger partial charge < -0.3 is 5.32 Å². The Balaban J connectivity index is 2.21. The molecule has 0 aliphatic heterocycles. The van der Waals surface area contributed by atoms with E-state index < -0.39 is 11.7 Å². The zero-order valence-electron chi connectivity index (χ0n) is 10.8. The van der Waals surface area contributed by atoms with Crippen LogP contribution < -0.4 is 5.32 Å². The number of nitrogens with one attached hydrogen (secondary N) is 1. The monoisotopic (exact) mass is 320 g/mol. The number of anilines is 1. The maximum absolute atomic E-state index is 12.6. The Bertz CT molecular complexity index is 610. The quantitative estimate of drug-likeness (QED) is 0.830. The van der Waals surface area contributed by atoms with Crippen LogP contribution in [-0.2, 0) is 6.18 Å². The fourth-order valence-corrected chi connectivity index (χ4v) is 2.88. The van der Waals surface area contributed by atoms with E-state index >= 15 is 0 Å². The maximum atomic E-state index is 12.6. The molecule has 0 bridgehead atoms. The summed E-state index contributed by atoms with van der Waals surface area (Å²) in [6.07, 6.45) is -4.39. The predicted molar refractivity (Wildman–Crippen MR) is 75.3 cm³/mol. The van der Waals surface area contributed by atoms with E-state index in [0.29, 0.717) is 5.69 Å². The highest BCUT2D eigenvalue weighted by Crippen LogP contribution is 2.35. The Morgan fingerprint density at radius 2 is 2.05 bits per heavy atom. The molecule has 2 rings (SSSR count). The van der Waals surface area contributed by atoms with Gasteiger partial charge in [0.15, 0.2) is 0 Å². The molecule has 0 aliphatic carbocycles. The third-order valence-corrected chi connectivity index (χ3v) is 4.27. The third-order valence-electron chi connectivity index (χ3n) is 2.84. The van der Waals surface area contributed by atoms with Crippen molar-refractivity contribution in [2.45, 2.75) is 26.1 Å². The topological polar surface area (TPSA) is 24.9 Å². The van der Waals surface area contributed by atoms with Gasteiger partial charge in [-0.25, -0.2) is 4.98 Å². The van der Waals surface area contributed by atoms with Crippen LogP contribution in [0.3, 0.4) is 0 Å². The Kier molecular flexibility index (Phi) is 4.25. The van der Waals surface area contributed by atoms with Gasteiger partial charge in [-0.05, 0) is 32.0 Å². The van der Waals surface area contributed by atoms with Gasteiger partial charge in [0.1, 0.15) is 0 Å². The van der Waals surface area contributed by atoms with Crippen molar-refractivity contribution in [1.82, 2.24) is 4.98 Å². The summed E-state index contributed by atoms with van der Waals surface area (Å²) in [6, 6.07) is 3.21. The van der Waals surface area contributed by atoms with Gasteiger partial charge in [0, 0.05) is 4.88 Å². The average Bonchev–Trinajstić information content (AvgIpc) is 2.76. The van der Waals surface area contributed by atoms with Gasteiger partial charge in [0.2, 0.25) is 0 Å². The molecular formula is C13H12ClF3N2S. The van der Waals surface area contributed by atoms with Crippen LogP contribution >= 0.6 is 22.9 Å². The molecule has 108 valence electrons. The zero-order chi connectivity index (χ0) is 14.9. The second-order valence-corrected chi connectivity index (χ2v) is 5.65. The van der Waals surface area contributed by atoms with E-state index in [1.54, 1.807) is 5.51 Å². The summed E-state index contributed by atoms with van der Waals surface area (Å²) in [5, 5.41) is 3.15. The van der Waals surface area contributed by atoms with Gasteiger partial charge in [-0.1, -0.05) is 11.6 Å². The number of alkyl halides is 3. The van der Waals surface area contributed by atoms with E-state index in [1.807, 2.05) is 13.8 Å². The number of rotatable bonds is 3. The lowest BCUT2D eigenvalue weighted by atomic mass is 10.1. The predicted octanol–water partition coefficient (Wildman–Crippen LogP) is 5.30. The molecule has 1 atom stereocenters. The Hall–Kier alpha value is -1.27. The van der Waals surface area contributed by atoms with Gasteiger partial charge in [0.25, 0.3) is 0 Å². The summed E-state index contributed by atoms with van der Waals surface area (Å²) in [4.78, 5) is 5.17. The van der Waals surface area contributed by atoms with Crippen LogP contribution in [-0.4, -0.2) is 4.98 Å². The molecule has 0 saturated carbocycles. The Labute approximate surface area is 123 Å². The van der Waals surface area contributed by atoms with Crippen LogP contribution in [0.15, 0.2) is 23.7 Å². The molecule has 1 heterocycles. The Morgan fingerprint density at radius 3 is 2.55 bits per heavy atom. The number of benzene rings is 1. The molecule has 2 aromatic rings. The molecule has 0 fully saturated rings. The van der Waals surface area contributed by atoms with E-state index in [4.69, 9.17) is 11.6 Å². The summed E-state index contributed by atoms with van der Waals surface area (Å²) in [5.41, 5.74) is 2.35. The van der Waals surface area contributed by atoms with Crippen LogP contribution in [0.2, 0.25) is 5.02 Å². The fourth-order valence-electron chi connectivity index (χ4n) is 1.83. The van der Waals surface area contributed by atoms with Gasteiger partial charge in [-0.15, -0.1) is 11.3 Å². The van der Waals surface area contributed by atoms with E-state index in [9.17, 15) is 13.2 Å². The first-order valence-electron chi connectivity index (χ1n) is 5.82. The molecule has 0 saturated heterocycles. The minimum Gasteiger partial charge on any atom is -0.376 e. The van der Waals surface area contributed by atoms with Crippen molar-refractivity contribution in [2.24, 2.45) is 0 Å². The normalized spacial score (nSPS) is 13.3. The van der Waals surface area contributed by atoms with Gasteiger partial charge in [0.05, 0.1) is 33.5 Å². The highest BCUT2D eigenvalue weighted by atomic mass is 35.5. The number of nitrogens with zero attached hydrogens (tertiary/aromatic N) is 1. The summed E-state index contributed by atoms with van der Waals surface area (Å²) in [5.74, 6) is 0. The molecule has 0 amide bonds. The molecule has 20 heavy (non-hydrogen) atoms. The highest BCUT2D eigenvalue weighted by molar-refractivity contribution is 7.09. The molecular weight excluding hydrogens is 309 g/mol. The highest BCUT2D eigenvalue weighted by Gasteiger charge is 2.31. The zero-order valence-corrected chi connectivity index (χ0v) is 12.3. The molecule has 1 unspecified atom stereocenters. The molecule has 1 N–H and O–H groups in total. The molecule has 0 aliphatic rings. The van der Waals surface area contributed by atoms with Crippen LogP contribution in [0.25, 0.3) is 0 Å². The second kappa shape index (κ2) is 5.61. The van der Waals surface area contributed by atoms with Crippen LogP contribution in [0.5, 0.6) is 0 Å². The number of aryl methyl sites for hydroxylation is 1. The molecule has 7 heteroatoms. The minimum absolute atomic E-state index is 0.0499. The number of hydrogen-bond donors (Lipinski definition) is 1. The van der Waals surface area contributed by atoms with Gasteiger partial charge in [-0.3, -0.25) is 0 Å². The standard InChI is InChI=1S/C13H12ClF3N2S/c1-7-12(20-6-18-7)8(2)19-11-4-3-9(5-10(11)14)13(15,16)17/h3-6,8,19H,1-2H3. The molecule has 1 aromatic heterocycles. The number of halogens is 4. The van der Waals surface area contributed by atoms with E-state index in [2.05, 4.69) is 10.3 Å². The third kappa shape index (κ3) is 3.24. The number of aromatic nitrogens is 1. The first-order valence-corrected chi connectivity index (χ1v) is 7.08. The van der Waals surface area contributed by atoms with Crippen molar-refractivity contribution in [3.8, 4) is 0 Å². The summed E-state index contributed by atoms with van der Waals surface area (Å²) in [7, 11) is 0. The molecule has 0 radical (unpaired) electrons. The number of hydrogen-bond acceptors (Lipinski definition) is 3. The van der Waals surface area contributed by atoms with Crippen LogP contribution in [0.1, 0.15) is 29.1 Å². The van der Waals surface area contributed by atoms with E-state index in [0.717, 1.165) is 22.7 Å². The lowest BCUT2D eigenvalue weighted by Crippen LogP contribution is -2.09. The van der Waals surface area contributed by atoms with Crippen LogP contribution in [0.4, 0.5) is 18.9 Å². The van der Waals surface area contributed by atoms with Crippen molar-refractivity contribution in [2.75, 3.05) is 5.32 Å². The van der Waals surface area contributed by atoms with Crippen molar-refractivity contribution in [1.29, 1.82) is 0 Å². The van der Waals surface area contributed by atoms with Crippen molar-refractivity contribution in [3.63, 3.8) is 0 Å². The lowest BCUT2D eigenvalue weighted by Gasteiger charge is -2.16. The van der Waals surface area contributed by atoms with Crippen molar-refractivity contribution < 1.29 is 13.2 Å². The smallest absolute Gasteiger partial charge is 0.376 e. The van der Waals surface area contributed by atoms with E-state index in [-0.39, 0.29) is 11.1 Å². The van der Waals surface area contributed by atoms with Crippen LogP contribution in [0, 0.1) is 6.92 Å².